The number of carboxylic acids is 1. The van der Waals surface area contributed by atoms with Crippen molar-refractivity contribution in [3.8, 4) is 11.5 Å². The van der Waals surface area contributed by atoms with Gasteiger partial charge >= 0.3 is 12.0 Å². The minimum atomic E-state index is -0.978. The molecule has 8 nitrogen and oxygen atoms in total. The van der Waals surface area contributed by atoms with Crippen LogP contribution in [0.1, 0.15) is 25.3 Å². The standard InChI is InChI=1S/C31H38N2O6S/c1-3-38-29(30(34)35)23-24-11-15-27(16-12-24)39-21-20-33(19-7-8-22-40-28-9-5-4-6-10-28)31(36)32-25-13-17-26(37-2)18-14-25/h4-6,9-18,29H,3,7-8,19-23H2,1-2H3,(H,32,36)(H,34,35). The van der Waals surface area contributed by atoms with Gasteiger partial charge in [-0.1, -0.05) is 30.3 Å². The number of ether oxygens (including phenoxy) is 3. The SMILES string of the molecule is CCOC(Cc1ccc(OCCN(CCCCSc2ccccc2)C(=O)Nc2ccc(OC)cc2)cc1)C(=O)O. The van der Waals surface area contributed by atoms with Crippen molar-refractivity contribution in [2.45, 2.75) is 37.2 Å². The van der Waals surface area contributed by atoms with E-state index in [-0.39, 0.29) is 12.5 Å². The van der Waals surface area contributed by atoms with Gasteiger partial charge in [-0.3, -0.25) is 0 Å². The number of rotatable bonds is 17. The Morgan fingerprint density at radius 3 is 2.27 bits per heavy atom. The van der Waals surface area contributed by atoms with E-state index >= 15 is 0 Å². The van der Waals surface area contributed by atoms with Crippen LogP contribution in [-0.4, -0.2) is 67.3 Å². The largest absolute Gasteiger partial charge is 0.497 e. The highest BCUT2D eigenvalue weighted by Gasteiger charge is 2.18. The predicted molar refractivity (Wildman–Crippen MR) is 159 cm³/mol. The number of anilines is 1. The van der Waals surface area contributed by atoms with E-state index in [4.69, 9.17) is 14.2 Å². The van der Waals surface area contributed by atoms with E-state index < -0.39 is 12.1 Å². The predicted octanol–water partition coefficient (Wildman–Crippen LogP) is 6.21. The van der Waals surface area contributed by atoms with Crippen molar-refractivity contribution in [1.29, 1.82) is 0 Å². The van der Waals surface area contributed by atoms with E-state index in [1.807, 2.05) is 66.4 Å². The molecule has 0 heterocycles. The molecule has 0 saturated heterocycles. The zero-order valence-electron chi connectivity index (χ0n) is 23.1. The summed E-state index contributed by atoms with van der Waals surface area (Å²) in [6.45, 7) is 3.46. The first-order chi connectivity index (χ1) is 19.5. The third-order valence-electron chi connectivity index (χ3n) is 6.08. The zero-order chi connectivity index (χ0) is 28.6. The number of carbonyl (C=O) groups is 2. The van der Waals surface area contributed by atoms with Gasteiger partial charge in [0.25, 0.3) is 0 Å². The molecule has 0 spiro atoms. The van der Waals surface area contributed by atoms with Crippen molar-refractivity contribution in [2.24, 2.45) is 0 Å². The van der Waals surface area contributed by atoms with E-state index in [2.05, 4.69) is 17.4 Å². The first-order valence-electron chi connectivity index (χ1n) is 13.4. The molecule has 0 aliphatic rings. The highest BCUT2D eigenvalue weighted by atomic mass is 32.2. The van der Waals surface area contributed by atoms with Crippen molar-refractivity contribution in [2.75, 3.05) is 44.5 Å². The Hall–Kier alpha value is -3.69. The minimum absolute atomic E-state index is 0.185. The quantitative estimate of drug-likeness (QED) is 0.148. The number of nitrogens with one attached hydrogen (secondary N) is 1. The lowest BCUT2D eigenvalue weighted by Gasteiger charge is -2.23. The summed E-state index contributed by atoms with van der Waals surface area (Å²) in [5.74, 6) is 1.38. The van der Waals surface area contributed by atoms with Crippen LogP contribution in [0.2, 0.25) is 0 Å². The molecule has 3 aromatic rings. The van der Waals surface area contributed by atoms with Crippen LogP contribution in [0, 0.1) is 0 Å². The molecule has 3 aromatic carbocycles. The monoisotopic (exact) mass is 566 g/mol. The molecule has 1 unspecified atom stereocenters. The molecule has 0 aliphatic carbocycles. The normalized spacial score (nSPS) is 11.4. The lowest BCUT2D eigenvalue weighted by molar-refractivity contribution is -0.149. The maximum Gasteiger partial charge on any atom is 0.333 e. The molecule has 2 amide bonds. The number of aliphatic carboxylic acids is 1. The van der Waals surface area contributed by atoms with Crippen molar-refractivity contribution >= 4 is 29.4 Å². The maximum atomic E-state index is 13.1. The number of methoxy groups -OCH3 is 1. The summed E-state index contributed by atoms with van der Waals surface area (Å²) in [6.07, 6.45) is 1.26. The molecule has 0 fully saturated rings. The molecule has 0 aliphatic heterocycles. The highest BCUT2D eigenvalue weighted by Crippen LogP contribution is 2.19. The maximum absolute atomic E-state index is 13.1. The summed E-state index contributed by atoms with van der Waals surface area (Å²) in [4.78, 5) is 27.5. The lowest BCUT2D eigenvalue weighted by Crippen LogP contribution is -2.38. The summed E-state index contributed by atoms with van der Waals surface area (Å²) in [5.41, 5.74) is 1.54. The van der Waals surface area contributed by atoms with Crippen LogP contribution in [0.15, 0.2) is 83.8 Å². The summed E-state index contributed by atoms with van der Waals surface area (Å²) in [5, 5.41) is 12.3. The summed E-state index contributed by atoms with van der Waals surface area (Å²) >= 11 is 1.81. The molecular weight excluding hydrogens is 528 g/mol. The molecule has 9 heteroatoms. The van der Waals surface area contributed by atoms with Crippen LogP contribution in [0.4, 0.5) is 10.5 Å². The van der Waals surface area contributed by atoms with Crippen LogP contribution in [-0.2, 0) is 16.0 Å². The second-order valence-corrected chi connectivity index (χ2v) is 10.2. The average molecular weight is 567 g/mol. The van der Waals surface area contributed by atoms with Gasteiger partial charge in [0.2, 0.25) is 0 Å². The van der Waals surface area contributed by atoms with Crippen molar-refractivity contribution in [3.05, 3.63) is 84.4 Å². The van der Waals surface area contributed by atoms with Gasteiger partial charge in [0.1, 0.15) is 18.1 Å². The van der Waals surface area contributed by atoms with Crippen molar-refractivity contribution in [3.63, 3.8) is 0 Å². The number of nitrogens with zero attached hydrogens (tertiary/aromatic N) is 1. The minimum Gasteiger partial charge on any atom is -0.497 e. The zero-order valence-corrected chi connectivity index (χ0v) is 23.9. The van der Waals surface area contributed by atoms with Gasteiger partial charge in [0.15, 0.2) is 6.10 Å². The van der Waals surface area contributed by atoms with E-state index in [1.165, 1.54) is 4.90 Å². The fraction of sp³-hybridized carbons (Fsp3) is 0.355. The van der Waals surface area contributed by atoms with E-state index in [1.54, 1.807) is 31.1 Å². The number of benzene rings is 3. The van der Waals surface area contributed by atoms with E-state index in [0.29, 0.717) is 37.7 Å². The highest BCUT2D eigenvalue weighted by molar-refractivity contribution is 7.99. The van der Waals surface area contributed by atoms with E-state index in [0.717, 1.165) is 29.9 Å². The lowest BCUT2D eigenvalue weighted by atomic mass is 10.1. The average Bonchev–Trinajstić information content (AvgIpc) is 2.97. The second-order valence-electron chi connectivity index (χ2n) is 8.99. The van der Waals surface area contributed by atoms with Crippen molar-refractivity contribution in [1.82, 2.24) is 4.90 Å². The molecule has 1 atom stereocenters. The molecule has 40 heavy (non-hydrogen) atoms. The van der Waals surface area contributed by atoms with Crippen molar-refractivity contribution < 1.29 is 28.9 Å². The first kappa shape index (κ1) is 30.8. The number of carboxylic acid groups (broad SMARTS) is 1. The molecule has 0 radical (unpaired) electrons. The molecule has 214 valence electrons. The Morgan fingerprint density at radius 2 is 1.62 bits per heavy atom. The molecule has 0 saturated carbocycles. The Balaban J connectivity index is 1.52. The topological polar surface area (TPSA) is 97.3 Å². The van der Waals surface area contributed by atoms with Crippen LogP contribution in [0.25, 0.3) is 0 Å². The van der Waals surface area contributed by atoms with Gasteiger partial charge in [0, 0.05) is 30.2 Å². The fourth-order valence-electron chi connectivity index (χ4n) is 3.93. The van der Waals surface area contributed by atoms with Gasteiger partial charge in [-0.15, -0.1) is 11.8 Å². The van der Waals surface area contributed by atoms with Gasteiger partial charge in [-0.2, -0.15) is 0 Å². The Labute approximate surface area is 240 Å². The molecular formula is C31H38N2O6S. The number of amides is 2. The number of hydrogen-bond donors (Lipinski definition) is 2. The van der Waals surface area contributed by atoms with Crippen LogP contribution in [0.3, 0.4) is 0 Å². The Kier molecular flexibility index (Phi) is 13.2. The summed E-state index contributed by atoms with van der Waals surface area (Å²) in [7, 11) is 1.60. The summed E-state index contributed by atoms with van der Waals surface area (Å²) < 4.78 is 16.4. The Bertz CT molecular complexity index is 1160. The molecule has 2 N–H and O–H groups in total. The fourth-order valence-corrected chi connectivity index (χ4v) is 4.87. The molecule has 0 aromatic heterocycles. The van der Waals surface area contributed by atoms with E-state index in [9.17, 15) is 14.7 Å². The third kappa shape index (κ3) is 10.8. The number of carbonyl (C=O) groups excluding carboxylic acids is 1. The first-order valence-corrected chi connectivity index (χ1v) is 14.4. The Morgan fingerprint density at radius 1 is 0.925 bits per heavy atom. The number of unbranched alkanes of at least 4 members (excludes halogenated alkanes) is 1. The van der Waals surface area contributed by atoms with Crippen LogP contribution >= 0.6 is 11.8 Å². The van der Waals surface area contributed by atoms with Gasteiger partial charge in [-0.25, -0.2) is 9.59 Å². The van der Waals surface area contributed by atoms with Crippen LogP contribution < -0.4 is 14.8 Å². The van der Waals surface area contributed by atoms with Gasteiger partial charge in [0.05, 0.1) is 13.7 Å². The smallest absolute Gasteiger partial charge is 0.333 e. The third-order valence-corrected chi connectivity index (χ3v) is 7.18. The second kappa shape index (κ2) is 17.1. The van der Waals surface area contributed by atoms with Gasteiger partial charge in [-0.05, 0) is 79.6 Å². The number of hydrogen-bond acceptors (Lipinski definition) is 6. The number of urea groups is 1. The van der Waals surface area contributed by atoms with Gasteiger partial charge < -0.3 is 29.5 Å². The summed E-state index contributed by atoms with van der Waals surface area (Å²) in [6, 6.07) is 24.6. The molecule has 0 bridgehead atoms. The molecule has 3 rings (SSSR count). The number of thioether (sulfide) groups is 1. The van der Waals surface area contributed by atoms with Crippen LogP contribution in [0.5, 0.6) is 11.5 Å².